The zero-order valence-electron chi connectivity index (χ0n) is 13.4. The molecule has 118 valence electrons. The highest BCUT2D eigenvalue weighted by Crippen LogP contribution is 2.31. The van der Waals surface area contributed by atoms with Gasteiger partial charge in [0.05, 0.1) is 26.3 Å². The van der Waals surface area contributed by atoms with Crippen LogP contribution in [0.3, 0.4) is 0 Å². The summed E-state index contributed by atoms with van der Waals surface area (Å²) >= 11 is 1.48. The van der Waals surface area contributed by atoms with Gasteiger partial charge in [-0.25, -0.2) is 4.98 Å². The number of anilines is 1. The molecule has 2 aromatic rings. The summed E-state index contributed by atoms with van der Waals surface area (Å²) in [6, 6.07) is 3.70. The number of carbonyl (C=O) groups is 1. The third kappa shape index (κ3) is 3.39. The molecule has 0 aliphatic heterocycles. The van der Waals surface area contributed by atoms with Crippen molar-refractivity contribution >= 4 is 22.4 Å². The molecule has 1 amide bonds. The molecule has 0 radical (unpaired) electrons. The molecular weight excluding hydrogens is 300 g/mol. The number of methoxy groups -OCH3 is 2. The maximum Gasteiger partial charge on any atom is 0.230 e. The minimum atomic E-state index is -0.114. The average molecular weight is 320 g/mol. The minimum absolute atomic E-state index is 0.114. The Bertz CT molecular complexity index is 675. The summed E-state index contributed by atoms with van der Waals surface area (Å²) in [4.78, 5) is 17.6. The molecule has 0 bridgehead atoms. The fourth-order valence-electron chi connectivity index (χ4n) is 2.24. The number of aromatic nitrogens is 1. The van der Waals surface area contributed by atoms with Crippen LogP contribution in [0.5, 0.6) is 11.5 Å². The normalized spacial score (nSPS) is 10.4. The van der Waals surface area contributed by atoms with E-state index in [1.54, 1.807) is 14.2 Å². The number of hydrogen-bond acceptors (Lipinski definition) is 5. The number of thiazole rings is 1. The Hall–Kier alpha value is -2.08. The quantitative estimate of drug-likeness (QED) is 0.918. The molecular formula is C16H20N2O3S. The standard InChI is InChI=1S/C16H20N2O3S/c1-9-13(20-4)7-6-12(15(9)21-5)8-14(19)18-16-17-10(2)11(3)22-16/h6-7H,8H2,1-5H3,(H,17,18,19). The largest absolute Gasteiger partial charge is 0.496 e. The van der Waals surface area contributed by atoms with Crippen LogP contribution in [0, 0.1) is 20.8 Å². The molecule has 2 rings (SSSR count). The number of carbonyl (C=O) groups excluding carboxylic acids is 1. The summed E-state index contributed by atoms with van der Waals surface area (Å²) in [5, 5.41) is 3.46. The number of benzene rings is 1. The van der Waals surface area contributed by atoms with E-state index in [-0.39, 0.29) is 12.3 Å². The van der Waals surface area contributed by atoms with E-state index in [1.807, 2.05) is 32.9 Å². The van der Waals surface area contributed by atoms with Gasteiger partial charge in [-0.3, -0.25) is 4.79 Å². The molecule has 0 atom stereocenters. The van der Waals surface area contributed by atoms with E-state index in [0.717, 1.165) is 27.4 Å². The van der Waals surface area contributed by atoms with Crippen LogP contribution in [-0.2, 0) is 11.2 Å². The van der Waals surface area contributed by atoms with E-state index in [0.29, 0.717) is 10.9 Å². The van der Waals surface area contributed by atoms with Gasteiger partial charge in [0.2, 0.25) is 5.91 Å². The molecule has 1 aromatic heterocycles. The highest BCUT2D eigenvalue weighted by Gasteiger charge is 2.15. The van der Waals surface area contributed by atoms with Crippen molar-refractivity contribution < 1.29 is 14.3 Å². The van der Waals surface area contributed by atoms with Crippen LogP contribution >= 0.6 is 11.3 Å². The number of nitrogens with one attached hydrogen (secondary N) is 1. The van der Waals surface area contributed by atoms with E-state index in [2.05, 4.69) is 10.3 Å². The number of hydrogen-bond donors (Lipinski definition) is 1. The molecule has 0 spiro atoms. The van der Waals surface area contributed by atoms with Crippen LogP contribution in [0.1, 0.15) is 21.7 Å². The molecule has 1 heterocycles. The van der Waals surface area contributed by atoms with E-state index < -0.39 is 0 Å². The van der Waals surface area contributed by atoms with Gasteiger partial charge in [0, 0.05) is 16.0 Å². The monoisotopic (exact) mass is 320 g/mol. The summed E-state index contributed by atoms with van der Waals surface area (Å²) in [7, 11) is 3.21. The van der Waals surface area contributed by atoms with Crippen molar-refractivity contribution in [2.75, 3.05) is 19.5 Å². The molecule has 5 nitrogen and oxygen atoms in total. The first-order chi connectivity index (χ1) is 10.5. The van der Waals surface area contributed by atoms with Crippen molar-refractivity contribution in [1.82, 2.24) is 4.98 Å². The van der Waals surface area contributed by atoms with Gasteiger partial charge in [-0.05, 0) is 26.8 Å². The molecule has 0 saturated heterocycles. The number of nitrogens with zero attached hydrogens (tertiary/aromatic N) is 1. The highest BCUT2D eigenvalue weighted by molar-refractivity contribution is 7.15. The lowest BCUT2D eigenvalue weighted by molar-refractivity contribution is -0.115. The van der Waals surface area contributed by atoms with E-state index >= 15 is 0 Å². The Morgan fingerprint density at radius 2 is 1.95 bits per heavy atom. The lowest BCUT2D eigenvalue weighted by atomic mass is 10.1. The van der Waals surface area contributed by atoms with Crippen LogP contribution in [0.25, 0.3) is 0 Å². The summed E-state index contributed by atoms with van der Waals surface area (Å²) in [5.41, 5.74) is 2.65. The highest BCUT2D eigenvalue weighted by atomic mass is 32.1. The van der Waals surface area contributed by atoms with Gasteiger partial charge < -0.3 is 14.8 Å². The SMILES string of the molecule is COc1ccc(CC(=O)Nc2nc(C)c(C)s2)c(OC)c1C. The third-order valence-electron chi connectivity index (χ3n) is 3.49. The van der Waals surface area contributed by atoms with Gasteiger partial charge in [0.1, 0.15) is 11.5 Å². The Balaban J connectivity index is 2.16. The maximum atomic E-state index is 12.2. The van der Waals surface area contributed by atoms with Crippen molar-refractivity contribution in [3.8, 4) is 11.5 Å². The topological polar surface area (TPSA) is 60.5 Å². The average Bonchev–Trinajstić information content (AvgIpc) is 2.77. The second kappa shape index (κ2) is 6.79. The smallest absolute Gasteiger partial charge is 0.230 e. The second-order valence-corrected chi connectivity index (χ2v) is 6.17. The first-order valence-corrected chi connectivity index (χ1v) is 7.72. The summed E-state index contributed by atoms with van der Waals surface area (Å²) < 4.78 is 10.7. The Morgan fingerprint density at radius 1 is 1.23 bits per heavy atom. The Labute approximate surface area is 134 Å². The molecule has 0 aliphatic carbocycles. The fourth-order valence-corrected chi connectivity index (χ4v) is 3.07. The Kier molecular flexibility index (Phi) is 5.03. The zero-order chi connectivity index (χ0) is 16.3. The van der Waals surface area contributed by atoms with Crippen LogP contribution in [0.4, 0.5) is 5.13 Å². The zero-order valence-corrected chi connectivity index (χ0v) is 14.3. The lowest BCUT2D eigenvalue weighted by Crippen LogP contribution is -2.15. The van der Waals surface area contributed by atoms with Crippen LogP contribution in [-0.4, -0.2) is 25.1 Å². The third-order valence-corrected chi connectivity index (χ3v) is 4.48. The van der Waals surface area contributed by atoms with Gasteiger partial charge >= 0.3 is 0 Å². The maximum absolute atomic E-state index is 12.2. The first kappa shape index (κ1) is 16.3. The van der Waals surface area contributed by atoms with E-state index in [1.165, 1.54) is 11.3 Å². The number of ether oxygens (including phenoxy) is 2. The van der Waals surface area contributed by atoms with Crippen molar-refractivity contribution in [2.24, 2.45) is 0 Å². The molecule has 0 unspecified atom stereocenters. The van der Waals surface area contributed by atoms with Gasteiger partial charge in [0.25, 0.3) is 0 Å². The fraction of sp³-hybridized carbons (Fsp3) is 0.375. The van der Waals surface area contributed by atoms with Crippen LogP contribution in [0.15, 0.2) is 12.1 Å². The van der Waals surface area contributed by atoms with Gasteiger partial charge in [0.15, 0.2) is 5.13 Å². The van der Waals surface area contributed by atoms with Crippen LogP contribution in [0.2, 0.25) is 0 Å². The number of amides is 1. The Morgan fingerprint density at radius 3 is 2.50 bits per heavy atom. The predicted molar refractivity (Wildman–Crippen MR) is 88.2 cm³/mol. The summed E-state index contributed by atoms with van der Waals surface area (Å²) in [6.45, 7) is 5.82. The minimum Gasteiger partial charge on any atom is -0.496 e. The number of aryl methyl sites for hydroxylation is 2. The summed E-state index contributed by atoms with van der Waals surface area (Å²) in [5.74, 6) is 1.31. The molecule has 0 saturated carbocycles. The lowest BCUT2D eigenvalue weighted by Gasteiger charge is -2.14. The molecule has 0 aliphatic rings. The number of rotatable bonds is 5. The van der Waals surface area contributed by atoms with Crippen molar-refractivity contribution in [3.63, 3.8) is 0 Å². The van der Waals surface area contributed by atoms with Gasteiger partial charge in [-0.15, -0.1) is 11.3 Å². The molecule has 1 aromatic carbocycles. The van der Waals surface area contributed by atoms with Crippen molar-refractivity contribution in [2.45, 2.75) is 27.2 Å². The van der Waals surface area contributed by atoms with Crippen LogP contribution < -0.4 is 14.8 Å². The van der Waals surface area contributed by atoms with Crippen molar-refractivity contribution in [3.05, 3.63) is 33.8 Å². The van der Waals surface area contributed by atoms with Crippen molar-refractivity contribution in [1.29, 1.82) is 0 Å². The first-order valence-electron chi connectivity index (χ1n) is 6.90. The predicted octanol–water partition coefficient (Wildman–Crippen LogP) is 3.27. The second-order valence-electron chi connectivity index (χ2n) is 4.97. The molecule has 0 fully saturated rings. The molecule has 6 heteroatoms. The molecule has 22 heavy (non-hydrogen) atoms. The van der Waals surface area contributed by atoms with Gasteiger partial charge in [-0.1, -0.05) is 6.07 Å². The van der Waals surface area contributed by atoms with Gasteiger partial charge in [-0.2, -0.15) is 0 Å². The summed E-state index contributed by atoms with van der Waals surface area (Å²) in [6.07, 6.45) is 0.228. The van der Waals surface area contributed by atoms with E-state index in [4.69, 9.17) is 9.47 Å². The van der Waals surface area contributed by atoms with E-state index in [9.17, 15) is 4.79 Å². The molecule has 1 N–H and O–H groups in total.